The van der Waals surface area contributed by atoms with Gasteiger partial charge in [-0.15, -0.1) is 0 Å². The van der Waals surface area contributed by atoms with Gasteiger partial charge in [0.05, 0.1) is 0 Å². The smallest absolute Gasteiger partial charge is 0.129 e. The van der Waals surface area contributed by atoms with E-state index in [1.807, 2.05) is 31.2 Å². The van der Waals surface area contributed by atoms with Crippen LogP contribution in [0.25, 0.3) is 10.8 Å². The van der Waals surface area contributed by atoms with Gasteiger partial charge in [0.25, 0.3) is 0 Å². The SMILES string of the molecule is Cc1ccc(F)c(C(O)c2cncc3ccccc23)c1. The molecule has 0 spiro atoms. The highest BCUT2D eigenvalue weighted by Crippen LogP contribution is 2.29. The number of pyridine rings is 1. The van der Waals surface area contributed by atoms with E-state index in [-0.39, 0.29) is 5.56 Å². The van der Waals surface area contributed by atoms with Gasteiger partial charge in [-0.25, -0.2) is 4.39 Å². The Kier molecular flexibility index (Phi) is 3.20. The normalized spacial score (nSPS) is 12.6. The Labute approximate surface area is 116 Å². The second kappa shape index (κ2) is 5.02. The van der Waals surface area contributed by atoms with Gasteiger partial charge < -0.3 is 5.11 Å². The van der Waals surface area contributed by atoms with Gasteiger partial charge in [0, 0.05) is 28.9 Å². The lowest BCUT2D eigenvalue weighted by Gasteiger charge is -2.15. The first-order valence-electron chi connectivity index (χ1n) is 6.43. The Morgan fingerprint density at radius 1 is 1.05 bits per heavy atom. The third kappa shape index (κ3) is 2.17. The van der Waals surface area contributed by atoms with Crippen molar-refractivity contribution in [3.05, 3.63) is 77.4 Å². The van der Waals surface area contributed by atoms with Crippen LogP contribution in [-0.2, 0) is 0 Å². The maximum atomic E-state index is 13.9. The largest absolute Gasteiger partial charge is 0.383 e. The van der Waals surface area contributed by atoms with E-state index in [9.17, 15) is 9.50 Å². The molecule has 0 aliphatic heterocycles. The molecule has 1 atom stereocenters. The number of aryl methyl sites for hydroxylation is 1. The summed E-state index contributed by atoms with van der Waals surface area (Å²) < 4.78 is 13.9. The summed E-state index contributed by atoms with van der Waals surface area (Å²) in [6.45, 7) is 1.87. The van der Waals surface area contributed by atoms with Crippen LogP contribution in [0.5, 0.6) is 0 Å². The van der Waals surface area contributed by atoms with Crippen molar-refractivity contribution < 1.29 is 9.50 Å². The number of nitrogens with zero attached hydrogens (tertiary/aromatic N) is 1. The molecular weight excluding hydrogens is 253 g/mol. The predicted molar refractivity (Wildman–Crippen MR) is 76.9 cm³/mol. The van der Waals surface area contributed by atoms with Crippen molar-refractivity contribution in [2.45, 2.75) is 13.0 Å². The highest BCUT2D eigenvalue weighted by Gasteiger charge is 2.17. The number of fused-ring (bicyclic) bond motifs is 1. The van der Waals surface area contributed by atoms with E-state index < -0.39 is 11.9 Å². The van der Waals surface area contributed by atoms with Crippen LogP contribution in [0.1, 0.15) is 22.8 Å². The molecule has 2 nitrogen and oxygen atoms in total. The van der Waals surface area contributed by atoms with Gasteiger partial charge in [0.2, 0.25) is 0 Å². The lowest BCUT2D eigenvalue weighted by molar-refractivity contribution is 0.216. The van der Waals surface area contributed by atoms with Crippen molar-refractivity contribution >= 4 is 10.8 Å². The molecule has 0 amide bonds. The van der Waals surface area contributed by atoms with E-state index in [1.54, 1.807) is 24.5 Å². The number of hydrogen-bond donors (Lipinski definition) is 1. The van der Waals surface area contributed by atoms with Crippen LogP contribution in [0.15, 0.2) is 54.9 Å². The van der Waals surface area contributed by atoms with Crippen LogP contribution in [0.4, 0.5) is 4.39 Å². The minimum atomic E-state index is -1.02. The molecule has 1 unspecified atom stereocenters. The van der Waals surface area contributed by atoms with Crippen LogP contribution in [-0.4, -0.2) is 10.1 Å². The van der Waals surface area contributed by atoms with Gasteiger partial charge >= 0.3 is 0 Å². The summed E-state index contributed by atoms with van der Waals surface area (Å²) in [5, 5.41) is 12.3. The van der Waals surface area contributed by atoms with Gasteiger partial charge in [-0.05, 0) is 18.4 Å². The lowest BCUT2D eigenvalue weighted by atomic mass is 9.97. The topological polar surface area (TPSA) is 33.1 Å². The highest BCUT2D eigenvalue weighted by atomic mass is 19.1. The second-order valence-electron chi connectivity index (χ2n) is 4.88. The summed E-state index contributed by atoms with van der Waals surface area (Å²) in [5.41, 5.74) is 1.81. The first-order chi connectivity index (χ1) is 9.66. The molecule has 100 valence electrons. The zero-order valence-electron chi connectivity index (χ0n) is 11.0. The Morgan fingerprint density at radius 2 is 1.85 bits per heavy atom. The van der Waals surface area contributed by atoms with E-state index in [0.717, 1.165) is 16.3 Å². The van der Waals surface area contributed by atoms with E-state index in [1.165, 1.54) is 6.07 Å². The first-order valence-corrected chi connectivity index (χ1v) is 6.43. The first kappa shape index (κ1) is 12.8. The van der Waals surface area contributed by atoms with Crippen molar-refractivity contribution in [3.8, 4) is 0 Å². The molecule has 20 heavy (non-hydrogen) atoms. The fraction of sp³-hybridized carbons (Fsp3) is 0.118. The molecule has 1 heterocycles. The fourth-order valence-electron chi connectivity index (χ4n) is 2.40. The number of aliphatic hydroxyl groups is 1. The monoisotopic (exact) mass is 267 g/mol. The van der Waals surface area contributed by atoms with Crippen LogP contribution < -0.4 is 0 Å². The molecule has 1 N–H and O–H groups in total. The molecule has 0 aliphatic carbocycles. The summed E-state index contributed by atoms with van der Waals surface area (Å²) >= 11 is 0. The summed E-state index contributed by atoms with van der Waals surface area (Å²) in [6.07, 6.45) is 2.31. The van der Waals surface area contributed by atoms with Crippen molar-refractivity contribution in [2.75, 3.05) is 0 Å². The molecule has 0 radical (unpaired) electrons. The van der Waals surface area contributed by atoms with Gasteiger partial charge in [0.15, 0.2) is 0 Å². The summed E-state index contributed by atoms with van der Waals surface area (Å²) in [7, 11) is 0. The molecule has 0 bridgehead atoms. The zero-order chi connectivity index (χ0) is 14.1. The standard InChI is InChI=1S/C17H14FNO/c1-11-6-7-16(18)14(8-11)17(20)15-10-19-9-12-4-2-3-5-13(12)15/h2-10,17,20H,1H3. The lowest BCUT2D eigenvalue weighted by Crippen LogP contribution is -2.04. The molecule has 3 aromatic rings. The van der Waals surface area contributed by atoms with Crippen LogP contribution in [0.2, 0.25) is 0 Å². The van der Waals surface area contributed by atoms with Crippen LogP contribution in [0.3, 0.4) is 0 Å². The van der Waals surface area contributed by atoms with E-state index in [2.05, 4.69) is 4.98 Å². The molecule has 3 heteroatoms. The summed E-state index contributed by atoms with van der Waals surface area (Å²) in [4.78, 5) is 4.13. The molecule has 1 aromatic heterocycles. The Morgan fingerprint density at radius 3 is 2.70 bits per heavy atom. The zero-order valence-corrected chi connectivity index (χ0v) is 11.0. The average molecular weight is 267 g/mol. The van der Waals surface area contributed by atoms with Crippen molar-refractivity contribution in [1.29, 1.82) is 0 Å². The number of hydrogen-bond acceptors (Lipinski definition) is 2. The average Bonchev–Trinajstić information content (AvgIpc) is 2.48. The molecule has 0 saturated heterocycles. The van der Waals surface area contributed by atoms with Gasteiger partial charge in [-0.3, -0.25) is 4.98 Å². The Balaban J connectivity index is 2.17. The highest BCUT2D eigenvalue weighted by molar-refractivity contribution is 5.85. The molecular formula is C17H14FNO. The molecule has 0 saturated carbocycles. The Bertz CT molecular complexity index is 765. The number of aromatic nitrogens is 1. The molecule has 3 rings (SSSR count). The third-order valence-corrected chi connectivity index (χ3v) is 3.44. The van der Waals surface area contributed by atoms with Gasteiger partial charge in [0.1, 0.15) is 11.9 Å². The summed E-state index contributed by atoms with van der Waals surface area (Å²) in [6, 6.07) is 12.4. The maximum Gasteiger partial charge on any atom is 0.129 e. The van der Waals surface area contributed by atoms with E-state index >= 15 is 0 Å². The van der Waals surface area contributed by atoms with Crippen molar-refractivity contribution in [1.82, 2.24) is 4.98 Å². The number of benzene rings is 2. The van der Waals surface area contributed by atoms with E-state index in [0.29, 0.717) is 5.56 Å². The van der Waals surface area contributed by atoms with Crippen LogP contribution in [0, 0.1) is 12.7 Å². The second-order valence-corrected chi connectivity index (χ2v) is 4.88. The quantitative estimate of drug-likeness (QED) is 0.766. The maximum absolute atomic E-state index is 13.9. The Hall–Kier alpha value is -2.26. The van der Waals surface area contributed by atoms with Crippen molar-refractivity contribution in [2.24, 2.45) is 0 Å². The fourth-order valence-corrected chi connectivity index (χ4v) is 2.40. The predicted octanol–water partition coefficient (Wildman–Crippen LogP) is 3.76. The van der Waals surface area contributed by atoms with Gasteiger partial charge in [-0.1, -0.05) is 42.0 Å². The molecule has 0 aliphatic rings. The molecule has 2 aromatic carbocycles. The number of halogens is 1. The molecule has 0 fully saturated rings. The minimum absolute atomic E-state index is 0.281. The van der Waals surface area contributed by atoms with E-state index in [4.69, 9.17) is 0 Å². The van der Waals surface area contributed by atoms with Crippen LogP contribution >= 0.6 is 0 Å². The summed E-state index contributed by atoms with van der Waals surface area (Å²) in [5.74, 6) is -0.406. The minimum Gasteiger partial charge on any atom is -0.383 e. The third-order valence-electron chi connectivity index (χ3n) is 3.44. The van der Waals surface area contributed by atoms with Crippen molar-refractivity contribution in [3.63, 3.8) is 0 Å². The number of aliphatic hydroxyl groups excluding tert-OH is 1. The van der Waals surface area contributed by atoms with Gasteiger partial charge in [-0.2, -0.15) is 0 Å². The number of rotatable bonds is 2.